The lowest BCUT2D eigenvalue weighted by Crippen LogP contribution is -2.60. The van der Waals surface area contributed by atoms with Crippen molar-refractivity contribution in [2.24, 2.45) is 0 Å². The van der Waals surface area contributed by atoms with Crippen LogP contribution in [0.4, 0.5) is 0 Å². The summed E-state index contributed by atoms with van der Waals surface area (Å²) in [5.41, 5.74) is 0. The number of hydrogen-bond donors (Lipinski definition) is 6. The number of carbonyl (C=O) groups excluding carboxylic acids is 1. The molecule has 0 bridgehead atoms. The normalized spacial score (nSPS) is 20.2. The highest BCUT2D eigenvalue weighted by Crippen LogP contribution is 2.23. The van der Waals surface area contributed by atoms with Crippen LogP contribution in [0.25, 0.3) is 0 Å². The second kappa shape index (κ2) is 49.4. The van der Waals surface area contributed by atoms with Gasteiger partial charge in [0.25, 0.3) is 0 Å². The van der Waals surface area contributed by atoms with Gasteiger partial charge in [0, 0.05) is 6.42 Å². The molecule has 0 spiro atoms. The number of allylic oxidation sites excluding steroid dienone is 17. The largest absolute Gasteiger partial charge is 0.394 e. The zero-order valence-electron chi connectivity index (χ0n) is 44.2. The Kier molecular flexibility index (Phi) is 45.8. The van der Waals surface area contributed by atoms with E-state index in [9.17, 15) is 30.3 Å². The summed E-state index contributed by atoms with van der Waals surface area (Å²) in [6.45, 7) is 3.62. The highest BCUT2D eigenvalue weighted by atomic mass is 16.7. The van der Waals surface area contributed by atoms with Gasteiger partial charge in [-0.25, -0.2) is 0 Å². The molecule has 0 aliphatic carbocycles. The van der Waals surface area contributed by atoms with Crippen molar-refractivity contribution in [2.45, 2.75) is 256 Å². The number of hydrogen-bond acceptors (Lipinski definition) is 8. The Hall–Kier alpha value is -3.15. The molecule has 9 heteroatoms. The molecule has 400 valence electrons. The summed E-state index contributed by atoms with van der Waals surface area (Å²) in [5.74, 6) is -0.247. The van der Waals surface area contributed by atoms with Crippen LogP contribution in [-0.4, -0.2) is 87.5 Å². The van der Waals surface area contributed by atoms with Crippen molar-refractivity contribution < 1.29 is 39.8 Å². The summed E-state index contributed by atoms with van der Waals surface area (Å²) in [4.78, 5) is 13.0. The van der Waals surface area contributed by atoms with E-state index in [2.05, 4.69) is 116 Å². The topological polar surface area (TPSA) is 149 Å². The number of ether oxygens (including phenoxy) is 2. The van der Waals surface area contributed by atoms with E-state index in [4.69, 9.17) is 9.47 Å². The molecule has 0 saturated carbocycles. The first-order valence-corrected chi connectivity index (χ1v) is 28.1. The zero-order valence-corrected chi connectivity index (χ0v) is 44.2. The Morgan fingerprint density at radius 2 is 0.900 bits per heavy atom. The minimum absolute atomic E-state index is 0.231. The smallest absolute Gasteiger partial charge is 0.220 e. The molecule has 1 rings (SSSR count). The lowest BCUT2D eigenvalue weighted by molar-refractivity contribution is -0.302. The maximum Gasteiger partial charge on any atom is 0.220 e. The van der Waals surface area contributed by atoms with Crippen molar-refractivity contribution in [3.8, 4) is 0 Å². The summed E-state index contributed by atoms with van der Waals surface area (Å²) in [6, 6.07) is -0.861. The van der Waals surface area contributed by atoms with Crippen LogP contribution in [0.1, 0.15) is 213 Å². The van der Waals surface area contributed by atoms with Gasteiger partial charge in [-0.3, -0.25) is 4.79 Å². The Morgan fingerprint density at radius 1 is 0.500 bits per heavy atom. The minimum atomic E-state index is -1.59. The van der Waals surface area contributed by atoms with E-state index >= 15 is 0 Å². The summed E-state index contributed by atoms with van der Waals surface area (Å²) in [7, 11) is 0. The maximum atomic E-state index is 13.0. The number of nitrogens with one attached hydrogen (secondary N) is 1. The van der Waals surface area contributed by atoms with E-state index in [1.807, 2.05) is 6.08 Å². The van der Waals surface area contributed by atoms with E-state index < -0.39 is 49.5 Å². The molecule has 0 aromatic rings. The Labute approximate surface area is 427 Å². The van der Waals surface area contributed by atoms with Gasteiger partial charge < -0.3 is 40.3 Å². The highest BCUT2D eigenvalue weighted by molar-refractivity contribution is 5.76. The minimum Gasteiger partial charge on any atom is -0.394 e. The molecule has 0 aromatic carbocycles. The van der Waals surface area contributed by atoms with Crippen molar-refractivity contribution >= 4 is 5.91 Å². The van der Waals surface area contributed by atoms with E-state index in [0.29, 0.717) is 6.42 Å². The van der Waals surface area contributed by atoms with Crippen molar-refractivity contribution in [1.82, 2.24) is 5.32 Å². The van der Waals surface area contributed by atoms with Gasteiger partial charge in [-0.2, -0.15) is 0 Å². The van der Waals surface area contributed by atoms with Crippen LogP contribution in [0.2, 0.25) is 0 Å². The molecule has 1 aliphatic heterocycles. The van der Waals surface area contributed by atoms with Crippen molar-refractivity contribution in [3.05, 3.63) is 109 Å². The number of rotatable bonds is 46. The first-order chi connectivity index (χ1) is 34.3. The third-order valence-corrected chi connectivity index (χ3v) is 12.6. The van der Waals surface area contributed by atoms with Crippen molar-refractivity contribution in [3.63, 3.8) is 0 Å². The Balaban J connectivity index is 2.34. The van der Waals surface area contributed by atoms with Crippen LogP contribution < -0.4 is 5.32 Å². The molecule has 0 aromatic heterocycles. The first-order valence-electron chi connectivity index (χ1n) is 28.1. The van der Waals surface area contributed by atoms with E-state index in [-0.39, 0.29) is 18.9 Å². The highest BCUT2D eigenvalue weighted by Gasteiger charge is 2.44. The summed E-state index contributed by atoms with van der Waals surface area (Å²) in [5, 5.41) is 54.4. The van der Waals surface area contributed by atoms with Gasteiger partial charge >= 0.3 is 0 Å². The monoisotopic (exact) mass is 978 g/mol. The lowest BCUT2D eigenvalue weighted by Gasteiger charge is -2.40. The van der Waals surface area contributed by atoms with Gasteiger partial charge in [-0.15, -0.1) is 0 Å². The molecular weight excluding hydrogens is 875 g/mol. The fourth-order valence-corrected chi connectivity index (χ4v) is 8.16. The average Bonchev–Trinajstić information content (AvgIpc) is 3.36. The first kappa shape index (κ1) is 64.9. The van der Waals surface area contributed by atoms with Crippen LogP contribution in [0.5, 0.6) is 0 Å². The second-order valence-corrected chi connectivity index (χ2v) is 19.0. The van der Waals surface area contributed by atoms with Crippen LogP contribution in [0.15, 0.2) is 109 Å². The van der Waals surface area contributed by atoms with E-state index in [1.165, 1.54) is 116 Å². The average molecular weight is 978 g/mol. The second-order valence-electron chi connectivity index (χ2n) is 19.0. The fraction of sp³-hybridized carbons (Fsp3) is 0.689. The predicted molar refractivity (Wildman–Crippen MR) is 294 cm³/mol. The van der Waals surface area contributed by atoms with Crippen molar-refractivity contribution in [1.29, 1.82) is 0 Å². The molecule has 0 radical (unpaired) electrons. The van der Waals surface area contributed by atoms with Crippen LogP contribution >= 0.6 is 0 Å². The van der Waals surface area contributed by atoms with E-state index in [1.54, 1.807) is 6.08 Å². The number of amides is 1. The third-order valence-electron chi connectivity index (χ3n) is 12.6. The Bertz CT molecular complexity index is 1460. The molecule has 6 N–H and O–H groups in total. The zero-order chi connectivity index (χ0) is 50.8. The number of carbonyl (C=O) groups is 1. The SMILES string of the molecule is CC/C=C\C/C=C\C/C=C\C/C=C\C/C=C\C/C=C\C/C=C\CCCC(=O)NC(COC1OC(CO)C(O)C(O)C1O)C(O)/C=C/CC/C=C/CCCCCCCCCCCCCCCCCCCC. The molecule has 1 heterocycles. The molecule has 1 fully saturated rings. The quantitative estimate of drug-likeness (QED) is 0.0261. The molecule has 9 nitrogen and oxygen atoms in total. The van der Waals surface area contributed by atoms with Gasteiger partial charge in [0.1, 0.15) is 24.4 Å². The fourth-order valence-electron chi connectivity index (χ4n) is 8.16. The number of unbranched alkanes of at least 4 members (excludes halogenated alkanes) is 20. The van der Waals surface area contributed by atoms with Crippen LogP contribution in [0, 0.1) is 0 Å². The molecular formula is C61H103NO8. The maximum absolute atomic E-state index is 13.0. The van der Waals surface area contributed by atoms with Gasteiger partial charge in [0.05, 0.1) is 25.4 Å². The van der Waals surface area contributed by atoms with Crippen molar-refractivity contribution in [2.75, 3.05) is 13.2 Å². The molecule has 1 amide bonds. The third kappa shape index (κ3) is 38.5. The molecule has 7 atom stereocenters. The molecule has 7 unspecified atom stereocenters. The number of aliphatic hydroxyl groups excluding tert-OH is 5. The lowest BCUT2D eigenvalue weighted by atomic mass is 9.99. The Morgan fingerprint density at radius 3 is 1.37 bits per heavy atom. The summed E-state index contributed by atoms with van der Waals surface area (Å²) >= 11 is 0. The summed E-state index contributed by atoms with van der Waals surface area (Å²) < 4.78 is 11.2. The van der Waals surface area contributed by atoms with Gasteiger partial charge in [0.15, 0.2) is 6.29 Å². The molecule has 1 saturated heterocycles. The van der Waals surface area contributed by atoms with Gasteiger partial charge in [-0.1, -0.05) is 232 Å². The number of aliphatic hydroxyl groups is 5. The standard InChI is InChI=1S/C61H103NO8/c1-3-5-7-9-11-13-15-17-19-21-23-25-27-29-30-32-34-36-38-40-42-44-46-48-50-55(64)54(53-69-61-60(68)59(67)58(66)56(52-63)70-61)62-57(65)51-49-47-45-43-41-39-37-35-33-31-28-26-24-22-20-18-16-14-12-10-8-6-4-2/h6,8,12,14,18,20,24,26,31,33,37,39-40,42-43,45,48,50,54-56,58-61,63-64,66-68H,3-5,7,9-11,13,15-17,19,21-23,25,27-30,32,34-36,38,41,44,46-47,49,51-53H2,1-2H3,(H,62,65)/b8-6-,14-12-,20-18-,26-24-,33-31-,39-37-,42-40+,45-43-,50-48+. The van der Waals surface area contributed by atoms with Crippen LogP contribution in [0.3, 0.4) is 0 Å². The van der Waals surface area contributed by atoms with Crippen LogP contribution in [-0.2, 0) is 14.3 Å². The van der Waals surface area contributed by atoms with Gasteiger partial charge in [-0.05, 0) is 83.5 Å². The van der Waals surface area contributed by atoms with Gasteiger partial charge in [0.2, 0.25) is 5.91 Å². The molecule has 1 aliphatic rings. The van der Waals surface area contributed by atoms with E-state index in [0.717, 1.165) is 70.6 Å². The molecule has 70 heavy (non-hydrogen) atoms. The summed E-state index contributed by atoms with van der Waals surface area (Å²) in [6.07, 6.45) is 65.8. The predicted octanol–water partition coefficient (Wildman–Crippen LogP) is 13.8.